The Balaban J connectivity index is 1.50. The molecule has 2 N–H and O–H groups in total. The number of esters is 1. The van der Waals surface area contributed by atoms with E-state index in [-0.39, 0.29) is 17.4 Å². The molecule has 1 unspecified atom stereocenters. The maximum atomic E-state index is 12.6. The van der Waals surface area contributed by atoms with Crippen LogP contribution in [0.25, 0.3) is 0 Å². The highest BCUT2D eigenvalue weighted by molar-refractivity contribution is 5.94. The lowest BCUT2D eigenvalue weighted by Gasteiger charge is -2.33. The van der Waals surface area contributed by atoms with Crippen LogP contribution in [0.5, 0.6) is 0 Å². The fraction of sp³-hybridized carbons (Fsp3) is 0.400. The first kappa shape index (κ1) is 18.8. The Labute approximate surface area is 158 Å². The molecule has 1 aromatic heterocycles. The molecule has 0 bridgehead atoms. The van der Waals surface area contributed by atoms with Gasteiger partial charge in [-0.2, -0.15) is 0 Å². The zero-order valence-corrected chi connectivity index (χ0v) is 15.4. The summed E-state index contributed by atoms with van der Waals surface area (Å²) < 4.78 is 5.24. The summed E-state index contributed by atoms with van der Waals surface area (Å²) >= 11 is 0. The van der Waals surface area contributed by atoms with Gasteiger partial charge < -0.3 is 15.4 Å². The van der Waals surface area contributed by atoms with E-state index in [4.69, 9.17) is 10.5 Å². The minimum absolute atomic E-state index is 0.0103. The average molecular weight is 368 g/mol. The summed E-state index contributed by atoms with van der Waals surface area (Å²) in [6.07, 6.45) is 4.78. The molecule has 0 saturated carbocycles. The first-order chi connectivity index (χ1) is 13.0. The van der Waals surface area contributed by atoms with Crippen LogP contribution < -0.4 is 5.73 Å². The predicted octanol–water partition coefficient (Wildman–Crippen LogP) is 2.09. The zero-order valence-electron chi connectivity index (χ0n) is 15.4. The highest BCUT2D eigenvalue weighted by Gasteiger charge is 2.29. The van der Waals surface area contributed by atoms with Crippen LogP contribution in [0.1, 0.15) is 35.8 Å². The molecule has 0 radical (unpaired) electrons. The van der Waals surface area contributed by atoms with E-state index in [1.165, 1.54) is 18.0 Å². The number of nitrogens with zero attached hydrogens (tertiary/aromatic N) is 3. The number of anilines is 1. The Bertz CT molecular complexity index is 789. The highest BCUT2D eigenvalue weighted by atomic mass is 16.5. The third kappa shape index (κ3) is 4.81. The van der Waals surface area contributed by atoms with Crippen LogP contribution in [0.15, 0.2) is 42.7 Å². The number of aromatic nitrogens is 2. The SMILES string of the molecule is CC(OC(=O)c1nccnc1N)C(=O)N1CCC(Cc2ccccc2)CC1. The van der Waals surface area contributed by atoms with E-state index in [1.807, 2.05) is 18.2 Å². The van der Waals surface area contributed by atoms with Gasteiger partial charge in [-0.1, -0.05) is 30.3 Å². The van der Waals surface area contributed by atoms with Gasteiger partial charge in [0.15, 0.2) is 17.6 Å². The number of hydrogen-bond acceptors (Lipinski definition) is 6. The van der Waals surface area contributed by atoms with Gasteiger partial charge in [0, 0.05) is 25.5 Å². The molecule has 3 rings (SSSR count). The smallest absolute Gasteiger partial charge is 0.361 e. The number of hydrogen-bond donors (Lipinski definition) is 1. The molecular weight excluding hydrogens is 344 g/mol. The fourth-order valence-corrected chi connectivity index (χ4v) is 3.33. The van der Waals surface area contributed by atoms with Crippen molar-refractivity contribution in [1.82, 2.24) is 14.9 Å². The molecule has 0 spiro atoms. The number of nitrogen functional groups attached to an aromatic ring is 1. The van der Waals surface area contributed by atoms with E-state index in [0.717, 1.165) is 19.3 Å². The second-order valence-electron chi connectivity index (χ2n) is 6.80. The van der Waals surface area contributed by atoms with Gasteiger partial charge in [0.25, 0.3) is 5.91 Å². The summed E-state index contributed by atoms with van der Waals surface area (Å²) in [5.74, 6) is -0.373. The molecule has 1 atom stereocenters. The maximum absolute atomic E-state index is 12.6. The number of piperidine rings is 1. The van der Waals surface area contributed by atoms with Crippen molar-refractivity contribution in [2.45, 2.75) is 32.3 Å². The molecule has 2 aromatic rings. The van der Waals surface area contributed by atoms with E-state index >= 15 is 0 Å². The molecule has 1 amide bonds. The van der Waals surface area contributed by atoms with Crippen LogP contribution in [0.2, 0.25) is 0 Å². The van der Waals surface area contributed by atoms with Crippen LogP contribution in [0, 0.1) is 5.92 Å². The lowest BCUT2D eigenvalue weighted by atomic mass is 9.90. The van der Waals surface area contributed by atoms with Crippen LogP contribution in [-0.2, 0) is 16.0 Å². The molecule has 1 fully saturated rings. The zero-order chi connectivity index (χ0) is 19.2. The number of rotatable bonds is 5. The van der Waals surface area contributed by atoms with Crippen molar-refractivity contribution in [2.75, 3.05) is 18.8 Å². The number of amides is 1. The number of benzene rings is 1. The second-order valence-corrected chi connectivity index (χ2v) is 6.80. The van der Waals surface area contributed by atoms with Gasteiger partial charge in [-0.05, 0) is 37.7 Å². The first-order valence-electron chi connectivity index (χ1n) is 9.14. The van der Waals surface area contributed by atoms with Crippen LogP contribution >= 0.6 is 0 Å². The summed E-state index contributed by atoms with van der Waals surface area (Å²) in [6, 6.07) is 10.4. The second kappa shape index (κ2) is 8.62. The molecule has 0 aliphatic carbocycles. The number of ether oxygens (including phenoxy) is 1. The van der Waals surface area contributed by atoms with E-state index in [2.05, 4.69) is 22.1 Å². The van der Waals surface area contributed by atoms with Crippen molar-refractivity contribution in [1.29, 1.82) is 0 Å². The van der Waals surface area contributed by atoms with Crippen LogP contribution in [0.4, 0.5) is 5.82 Å². The van der Waals surface area contributed by atoms with Gasteiger partial charge in [-0.15, -0.1) is 0 Å². The third-order valence-corrected chi connectivity index (χ3v) is 4.84. The largest absolute Gasteiger partial charge is 0.448 e. The monoisotopic (exact) mass is 368 g/mol. The number of nitrogens with two attached hydrogens (primary N) is 1. The van der Waals surface area contributed by atoms with E-state index in [9.17, 15) is 9.59 Å². The molecule has 7 heteroatoms. The molecule has 1 saturated heterocycles. The normalized spacial score (nSPS) is 16.0. The maximum Gasteiger partial charge on any atom is 0.361 e. The van der Waals surface area contributed by atoms with Crippen LogP contribution in [-0.4, -0.2) is 45.9 Å². The Morgan fingerprint density at radius 2 is 1.85 bits per heavy atom. The minimum Gasteiger partial charge on any atom is -0.448 e. The molecule has 1 aromatic carbocycles. The summed E-state index contributed by atoms with van der Waals surface area (Å²) in [5.41, 5.74) is 6.88. The van der Waals surface area contributed by atoms with Crippen molar-refractivity contribution in [3.8, 4) is 0 Å². The summed E-state index contributed by atoms with van der Waals surface area (Å²) in [7, 11) is 0. The van der Waals surface area contributed by atoms with Gasteiger partial charge in [-0.3, -0.25) is 4.79 Å². The first-order valence-corrected chi connectivity index (χ1v) is 9.14. The van der Waals surface area contributed by atoms with Gasteiger partial charge in [0.2, 0.25) is 0 Å². The predicted molar refractivity (Wildman–Crippen MR) is 101 cm³/mol. The molecule has 7 nitrogen and oxygen atoms in total. The standard InChI is InChI=1S/C20H24N4O3/c1-14(27-20(26)17-18(21)23-10-9-22-17)19(25)24-11-7-16(8-12-24)13-15-5-3-2-4-6-15/h2-6,9-10,14,16H,7-8,11-13H2,1H3,(H2,21,23). The lowest BCUT2D eigenvalue weighted by molar-refractivity contribution is -0.141. The number of carbonyl (C=O) groups excluding carboxylic acids is 2. The fourth-order valence-electron chi connectivity index (χ4n) is 3.33. The van der Waals surface area contributed by atoms with E-state index < -0.39 is 12.1 Å². The minimum atomic E-state index is -0.885. The molecule has 1 aliphatic heterocycles. The van der Waals surface area contributed by atoms with Crippen LogP contribution in [0.3, 0.4) is 0 Å². The van der Waals surface area contributed by atoms with Crippen molar-refractivity contribution in [3.63, 3.8) is 0 Å². The summed E-state index contributed by atoms with van der Waals surface area (Å²) in [5, 5.41) is 0. The molecule has 2 heterocycles. The van der Waals surface area contributed by atoms with Crippen molar-refractivity contribution in [2.24, 2.45) is 5.92 Å². The van der Waals surface area contributed by atoms with E-state index in [0.29, 0.717) is 19.0 Å². The quantitative estimate of drug-likeness (QED) is 0.812. The van der Waals surface area contributed by atoms with Gasteiger partial charge in [-0.25, -0.2) is 14.8 Å². The number of likely N-dealkylation sites (tertiary alicyclic amines) is 1. The van der Waals surface area contributed by atoms with Gasteiger partial charge >= 0.3 is 5.97 Å². The van der Waals surface area contributed by atoms with E-state index in [1.54, 1.807) is 11.8 Å². The Morgan fingerprint density at radius 3 is 2.52 bits per heavy atom. The number of carbonyl (C=O) groups is 2. The molecule has 142 valence electrons. The Kier molecular flexibility index (Phi) is 6.01. The van der Waals surface area contributed by atoms with Crippen molar-refractivity contribution >= 4 is 17.7 Å². The van der Waals surface area contributed by atoms with Gasteiger partial charge in [0.1, 0.15) is 0 Å². The summed E-state index contributed by atoms with van der Waals surface area (Å²) in [6.45, 7) is 2.92. The Morgan fingerprint density at radius 1 is 1.19 bits per heavy atom. The summed E-state index contributed by atoms with van der Waals surface area (Å²) in [4.78, 5) is 34.2. The molecule has 27 heavy (non-hydrogen) atoms. The topological polar surface area (TPSA) is 98.4 Å². The third-order valence-electron chi connectivity index (χ3n) is 4.84. The molecule has 1 aliphatic rings. The highest BCUT2D eigenvalue weighted by Crippen LogP contribution is 2.22. The lowest BCUT2D eigenvalue weighted by Crippen LogP contribution is -2.44. The average Bonchev–Trinajstić information content (AvgIpc) is 2.69. The Hall–Kier alpha value is -2.96. The van der Waals surface area contributed by atoms with Gasteiger partial charge in [0.05, 0.1) is 0 Å². The molecular formula is C20H24N4O3. The van der Waals surface area contributed by atoms with Crippen molar-refractivity contribution < 1.29 is 14.3 Å². The van der Waals surface area contributed by atoms with Crippen molar-refractivity contribution in [3.05, 3.63) is 54.0 Å².